The largest absolute Gasteiger partial charge is 0.319 e. The van der Waals surface area contributed by atoms with Gasteiger partial charge in [0, 0.05) is 0 Å². The number of anilines is 1. The van der Waals surface area contributed by atoms with Crippen molar-refractivity contribution >= 4 is 40.9 Å². The normalized spacial score (nSPS) is 10.9. The van der Waals surface area contributed by atoms with E-state index in [1.165, 1.54) is 6.08 Å². The Morgan fingerprint density at radius 1 is 1.14 bits per heavy atom. The number of para-hydroxylation sites is 1. The molecule has 5 heteroatoms. The summed E-state index contributed by atoms with van der Waals surface area (Å²) >= 11 is 12.0. The molecule has 0 atom stereocenters. The lowest BCUT2D eigenvalue weighted by atomic mass is 10.1. The first-order valence-electron chi connectivity index (χ1n) is 6.45. The minimum atomic E-state index is -0.555. The molecule has 2 rings (SSSR count). The Bertz CT molecular complexity index is 771. The van der Waals surface area contributed by atoms with Gasteiger partial charge in [0.25, 0.3) is 5.91 Å². The predicted molar refractivity (Wildman–Crippen MR) is 89.9 cm³/mol. The van der Waals surface area contributed by atoms with E-state index in [2.05, 4.69) is 5.32 Å². The SMILES string of the molecule is Cc1ccccc1/C=C(\C#N)C(=O)Nc1c(Cl)cccc1Cl. The lowest BCUT2D eigenvalue weighted by Gasteiger charge is -2.08. The molecule has 0 saturated heterocycles. The molecule has 0 fully saturated rings. The van der Waals surface area contributed by atoms with Gasteiger partial charge in [-0.15, -0.1) is 0 Å². The van der Waals surface area contributed by atoms with Crippen LogP contribution in [0.5, 0.6) is 0 Å². The summed E-state index contributed by atoms with van der Waals surface area (Å²) in [6.45, 7) is 1.91. The molecule has 0 aliphatic heterocycles. The highest BCUT2D eigenvalue weighted by atomic mass is 35.5. The van der Waals surface area contributed by atoms with Gasteiger partial charge in [-0.1, -0.05) is 53.5 Å². The zero-order valence-corrected chi connectivity index (χ0v) is 13.2. The van der Waals surface area contributed by atoms with Crippen molar-refractivity contribution in [3.05, 3.63) is 69.2 Å². The van der Waals surface area contributed by atoms with Crippen LogP contribution in [-0.2, 0) is 4.79 Å². The van der Waals surface area contributed by atoms with E-state index in [0.29, 0.717) is 15.7 Å². The van der Waals surface area contributed by atoms with Crippen molar-refractivity contribution in [2.24, 2.45) is 0 Å². The van der Waals surface area contributed by atoms with Gasteiger partial charge in [-0.25, -0.2) is 0 Å². The summed E-state index contributed by atoms with van der Waals surface area (Å²) < 4.78 is 0. The molecular weight excluding hydrogens is 319 g/mol. The molecule has 0 bridgehead atoms. The summed E-state index contributed by atoms with van der Waals surface area (Å²) in [5, 5.41) is 12.4. The van der Waals surface area contributed by atoms with E-state index in [1.54, 1.807) is 18.2 Å². The Morgan fingerprint density at radius 3 is 2.36 bits per heavy atom. The number of benzene rings is 2. The average molecular weight is 331 g/mol. The van der Waals surface area contributed by atoms with Crippen LogP contribution in [0.3, 0.4) is 0 Å². The first kappa shape index (κ1) is 16.1. The van der Waals surface area contributed by atoms with Gasteiger partial charge >= 0.3 is 0 Å². The monoisotopic (exact) mass is 330 g/mol. The van der Waals surface area contributed by atoms with E-state index in [1.807, 2.05) is 37.3 Å². The number of nitriles is 1. The van der Waals surface area contributed by atoms with Gasteiger partial charge in [-0.2, -0.15) is 5.26 Å². The van der Waals surface area contributed by atoms with E-state index in [0.717, 1.165) is 11.1 Å². The molecule has 0 unspecified atom stereocenters. The number of nitrogens with zero attached hydrogens (tertiary/aromatic N) is 1. The van der Waals surface area contributed by atoms with Crippen LogP contribution in [0, 0.1) is 18.3 Å². The van der Waals surface area contributed by atoms with Crippen LogP contribution >= 0.6 is 23.2 Å². The van der Waals surface area contributed by atoms with Gasteiger partial charge in [0.15, 0.2) is 0 Å². The average Bonchev–Trinajstić information content (AvgIpc) is 2.50. The van der Waals surface area contributed by atoms with Crippen molar-refractivity contribution in [1.29, 1.82) is 5.26 Å². The molecule has 0 aliphatic carbocycles. The maximum Gasteiger partial charge on any atom is 0.266 e. The Kier molecular flexibility index (Phi) is 5.21. The number of hydrogen-bond donors (Lipinski definition) is 1. The fraction of sp³-hybridized carbons (Fsp3) is 0.0588. The van der Waals surface area contributed by atoms with E-state index >= 15 is 0 Å². The van der Waals surface area contributed by atoms with E-state index < -0.39 is 5.91 Å². The van der Waals surface area contributed by atoms with Gasteiger partial charge in [-0.05, 0) is 36.3 Å². The van der Waals surface area contributed by atoms with Gasteiger partial charge in [0.1, 0.15) is 11.6 Å². The molecule has 1 amide bonds. The van der Waals surface area contributed by atoms with E-state index in [9.17, 15) is 10.1 Å². The maximum absolute atomic E-state index is 12.2. The first-order chi connectivity index (χ1) is 10.5. The standard InChI is InChI=1S/C17H12Cl2N2O/c1-11-5-2-3-6-12(11)9-13(10-20)17(22)21-16-14(18)7-4-8-15(16)19/h2-9H,1H3,(H,21,22)/b13-9+. The fourth-order valence-electron chi connectivity index (χ4n) is 1.85. The van der Waals surface area contributed by atoms with Crippen LogP contribution in [0.1, 0.15) is 11.1 Å². The topological polar surface area (TPSA) is 52.9 Å². The highest BCUT2D eigenvalue weighted by Crippen LogP contribution is 2.30. The highest BCUT2D eigenvalue weighted by molar-refractivity contribution is 6.40. The molecule has 110 valence electrons. The number of amides is 1. The first-order valence-corrected chi connectivity index (χ1v) is 7.21. The predicted octanol–water partition coefficient (Wildman–Crippen LogP) is 4.85. The number of carbonyl (C=O) groups excluding carboxylic acids is 1. The van der Waals surface area contributed by atoms with Gasteiger partial charge in [0.2, 0.25) is 0 Å². The van der Waals surface area contributed by atoms with Crippen LogP contribution in [0.2, 0.25) is 10.0 Å². The summed E-state index contributed by atoms with van der Waals surface area (Å²) in [4.78, 5) is 12.2. The van der Waals surface area contributed by atoms with Crippen LogP contribution in [0.15, 0.2) is 48.0 Å². The third-order valence-electron chi connectivity index (χ3n) is 3.05. The molecular formula is C17H12Cl2N2O. The molecule has 1 N–H and O–H groups in total. The summed E-state index contributed by atoms with van der Waals surface area (Å²) in [5.74, 6) is -0.555. The Labute approximate surface area is 138 Å². The quantitative estimate of drug-likeness (QED) is 0.646. The van der Waals surface area contributed by atoms with Crippen molar-refractivity contribution in [2.75, 3.05) is 5.32 Å². The minimum Gasteiger partial charge on any atom is -0.319 e. The Balaban J connectivity index is 2.31. The van der Waals surface area contributed by atoms with Crippen molar-refractivity contribution in [3.8, 4) is 6.07 Å². The third kappa shape index (κ3) is 3.67. The Morgan fingerprint density at radius 2 is 1.77 bits per heavy atom. The molecule has 0 radical (unpaired) electrons. The minimum absolute atomic E-state index is 0.0229. The van der Waals surface area contributed by atoms with Crippen molar-refractivity contribution in [3.63, 3.8) is 0 Å². The van der Waals surface area contributed by atoms with Crippen molar-refractivity contribution < 1.29 is 4.79 Å². The zero-order chi connectivity index (χ0) is 16.1. The summed E-state index contributed by atoms with van der Waals surface area (Å²) in [6, 6.07) is 14.3. The van der Waals surface area contributed by atoms with Gasteiger partial charge in [0.05, 0.1) is 15.7 Å². The van der Waals surface area contributed by atoms with Crippen LogP contribution in [-0.4, -0.2) is 5.91 Å². The number of halogens is 2. The zero-order valence-electron chi connectivity index (χ0n) is 11.7. The van der Waals surface area contributed by atoms with Crippen LogP contribution < -0.4 is 5.32 Å². The lowest BCUT2D eigenvalue weighted by Crippen LogP contribution is -2.14. The molecule has 0 saturated carbocycles. The van der Waals surface area contributed by atoms with Gasteiger partial charge in [-0.3, -0.25) is 4.79 Å². The molecule has 0 aliphatic rings. The lowest BCUT2D eigenvalue weighted by molar-refractivity contribution is -0.112. The molecule has 2 aromatic rings. The molecule has 2 aromatic carbocycles. The molecule has 0 spiro atoms. The smallest absolute Gasteiger partial charge is 0.266 e. The number of rotatable bonds is 3. The number of aryl methyl sites for hydroxylation is 1. The highest BCUT2D eigenvalue weighted by Gasteiger charge is 2.14. The summed E-state index contributed by atoms with van der Waals surface area (Å²) in [6.07, 6.45) is 1.54. The van der Waals surface area contributed by atoms with Crippen molar-refractivity contribution in [1.82, 2.24) is 0 Å². The van der Waals surface area contributed by atoms with E-state index in [-0.39, 0.29) is 5.57 Å². The summed E-state index contributed by atoms with van der Waals surface area (Å²) in [7, 11) is 0. The number of carbonyl (C=O) groups is 1. The Hall–Kier alpha value is -2.28. The second kappa shape index (κ2) is 7.13. The number of hydrogen-bond acceptors (Lipinski definition) is 2. The fourth-order valence-corrected chi connectivity index (χ4v) is 2.34. The maximum atomic E-state index is 12.2. The molecule has 0 heterocycles. The van der Waals surface area contributed by atoms with E-state index in [4.69, 9.17) is 23.2 Å². The van der Waals surface area contributed by atoms with Crippen LogP contribution in [0.4, 0.5) is 5.69 Å². The second-order valence-electron chi connectivity index (χ2n) is 4.58. The van der Waals surface area contributed by atoms with Crippen LogP contribution in [0.25, 0.3) is 6.08 Å². The third-order valence-corrected chi connectivity index (χ3v) is 3.68. The van der Waals surface area contributed by atoms with Gasteiger partial charge < -0.3 is 5.32 Å². The molecule has 3 nitrogen and oxygen atoms in total. The van der Waals surface area contributed by atoms with Crippen molar-refractivity contribution in [2.45, 2.75) is 6.92 Å². The second-order valence-corrected chi connectivity index (χ2v) is 5.39. The summed E-state index contributed by atoms with van der Waals surface area (Å²) in [5.41, 5.74) is 2.05. The molecule has 0 aromatic heterocycles. The number of nitrogens with one attached hydrogen (secondary N) is 1. The molecule has 22 heavy (non-hydrogen) atoms.